The molecule has 4 rings (SSSR count). The Kier molecular flexibility index (Phi) is 5.94. The lowest BCUT2D eigenvalue weighted by Crippen LogP contribution is -2.06. The SMILES string of the molecule is Oc1ccc(C(=NCCN=Cc2c(O)ccc3ccccc23)c2ccccc2)c(O)c1. The average Bonchev–Trinajstić information content (AvgIpc) is 2.79. The lowest BCUT2D eigenvalue weighted by atomic mass is 10.0. The molecule has 0 radical (unpaired) electrons. The number of fused-ring (bicyclic) bond motifs is 1. The number of aliphatic imine (C=N–C) groups is 2. The highest BCUT2D eigenvalue weighted by molar-refractivity contribution is 6.14. The molecule has 0 aliphatic rings. The van der Waals surface area contributed by atoms with Crippen LogP contribution in [0.4, 0.5) is 0 Å². The summed E-state index contributed by atoms with van der Waals surface area (Å²) in [5, 5.41) is 32.1. The van der Waals surface area contributed by atoms with Gasteiger partial charge in [-0.3, -0.25) is 9.98 Å². The molecule has 0 bridgehead atoms. The molecule has 0 aliphatic carbocycles. The van der Waals surface area contributed by atoms with Crippen LogP contribution in [0.2, 0.25) is 0 Å². The van der Waals surface area contributed by atoms with E-state index in [9.17, 15) is 15.3 Å². The van der Waals surface area contributed by atoms with Crippen LogP contribution in [0.3, 0.4) is 0 Å². The molecule has 0 saturated carbocycles. The number of benzene rings is 4. The van der Waals surface area contributed by atoms with E-state index in [1.165, 1.54) is 12.1 Å². The fraction of sp³-hybridized carbons (Fsp3) is 0.0769. The predicted octanol–water partition coefficient (Wildman–Crippen LogP) is 4.91. The number of aromatic hydroxyl groups is 3. The zero-order valence-corrected chi connectivity index (χ0v) is 16.8. The lowest BCUT2D eigenvalue weighted by Gasteiger charge is -2.10. The second-order valence-electron chi connectivity index (χ2n) is 7.05. The summed E-state index contributed by atoms with van der Waals surface area (Å²) in [5.41, 5.74) is 2.71. The summed E-state index contributed by atoms with van der Waals surface area (Å²) in [7, 11) is 0. The molecule has 3 N–H and O–H groups in total. The van der Waals surface area contributed by atoms with Crippen LogP contribution in [-0.4, -0.2) is 40.3 Å². The largest absolute Gasteiger partial charge is 0.508 e. The molecule has 0 fully saturated rings. The summed E-state index contributed by atoms with van der Waals surface area (Å²) in [6.45, 7) is 0.810. The highest BCUT2D eigenvalue weighted by Crippen LogP contribution is 2.26. The Labute approximate surface area is 180 Å². The van der Waals surface area contributed by atoms with E-state index in [0.717, 1.165) is 16.3 Å². The number of nitrogens with zero attached hydrogens (tertiary/aromatic N) is 2. The van der Waals surface area contributed by atoms with Gasteiger partial charge < -0.3 is 15.3 Å². The predicted molar refractivity (Wildman–Crippen MR) is 125 cm³/mol. The van der Waals surface area contributed by atoms with Crippen molar-refractivity contribution in [1.82, 2.24) is 0 Å². The molecule has 4 aromatic rings. The quantitative estimate of drug-likeness (QED) is 0.312. The van der Waals surface area contributed by atoms with Crippen molar-refractivity contribution in [3.05, 3.63) is 102 Å². The van der Waals surface area contributed by atoms with Gasteiger partial charge in [-0.15, -0.1) is 0 Å². The molecule has 5 nitrogen and oxygen atoms in total. The van der Waals surface area contributed by atoms with Crippen LogP contribution in [0.5, 0.6) is 17.2 Å². The lowest BCUT2D eigenvalue weighted by molar-refractivity contribution is 0.450. The van der Waals surface area contributed by atoms with Gasteiger partial charge in [-0.1, -0.05) is 60.7 Å². The fourth-order valence-corrected chi connectivity index (χ4v) is 3.44. The Hall–Kier alpha value is -4.12. The minimum absolute atomic E-state index is 0.00634. The van der Waals surface area contributed by atoms with Crippen molar-refractivity contribution >= 4 is 22.7 Å². The Morgan fingerprint density at radius 2 is 1.52 bits per heavy atom. The summed E-state index contributed by atoms with van der Waals surface area (Å²) < 4.78 is 0. The van der Waals surface area contributed by atoms with E-state index in [0.29, 0.717) is 29.9 Å². The van der Waals surface area contributed by atoms with Crippen LogP contribution in [0.1, 0.15) is 16.7 Å². The second kappa shape index (κ2) is 9.13. The number of hydrogen-bond donors (Lipinski definition) is 3. The van der Waals surface area contributed by atoms with Gasteiger partial charge in [0.1, 0.15) is 17.2 Å². The van der Waals surface area contributed by atoms with E-state index < -0.39 is 0 Å². The van der Waals surface area contributed by atoms with Crippen molar-refractivity contribution in [1.29, 1.82) is 0 Å². The minimum Gasteiger partial charge on any atom is -0.508 e. The molecular formula is C26H22N2O3. The Morgan fingerprint density at radius 3 is 2.32 bits per heavy atom. The second-order valence-corrected chi connectivity index (χ2v) is 7.05. The molecule has 31 heavy (non-hydrogen) atoms. The van der Waals surface area contributed by atoms with E-state index in [1.807, 2.05) is 60.7 Å². The highest BCUT2D eigenvalue weighted by Gasteiger charge is 2.12. The number of phenols is 3. The van der Waals surface area contributed by atoms with Crippen LogP contribution in [0.25, 0.3) is 10.8 Å². The van der Waals surface area contributed by atoms with Gasteiger partial charge in [-0.05, 0) is 29.0 Å². The third kappa shape index (κ3) is 4.56. The monoisotopic (exact) mass is 410 g/mol. The zero-order chi connectivity index (χ0) is 21.6. The third-order valence-corrected chi connectivity index (χ3v) is 4.95. The summed E-state index contributed by atoms with van der Waals surface area (Å²) in [6.07, 6.45) is 1.67. The maximum atomic E-state index is 10.3. The zero-order valence-electron chi connectivity index (χ0n) is 16.8. The van der Waals surface area contributed by atoms with Crippen molar-refractivity contribution in [3.63, 3.8) is 0 Å². The van der Waals surface area contributed by atoms with E-state index in [1.54, 1.807) is 18.3 Å². The Bertz CT molecular complexity index is 1260. The Morgan fingerprint density at radius 1 is 0.742 bits per heavy atom. The third-order valence-electron chi connectivity index (χ3n) is 4.95. The molecule has 154 valence electrons. The molecule has 0 saturated heterocycles. The molecule has 0 aliphatic heterocycles. The van der Waals surface area contributed by atoms with Crippen molar-refractivity contribution < 1.29 is 15.3 Å². The first-order chi connectivity index (χ1) is 15.1. The van der Waals surface area contributed by atoms with Gasteiger partial charge in [-0.25, -0.2) is 0 Å². The normalized spacial score (nSPS) is 11.9. The average molecular weight is 410 g/mol. The fourth-order valence-electron chi connectivity index (χ4n) is 3.44. The van der Waals surface area contributed by atoms with Gasteiger partial charge in [0.15, 0.2) is 0 Å². The van der Waals surface area contributed by atoms with Crippen LogP contribution in [0, 0.1) is 0 Å². The smallest absolute Gasteiger partial charge is 0.128 e. The summed E-state index contributed by atoms with van der Waals surface area (Å²) in [4.78, 5) is 9.12. The standard InChI is InChI=1S/C26H22N2O3/c29-20-11-12-22(25(31)16-20)26(19-7-2-1-3-8-19)28-15-14-27-17-23-21-9-5-4-6-18(21)10-13-24(23)30/h1-13,16-17,29-31H,14-15H2. The van der Waals surface area contributed by atoms with Crippen molar-refractivity contribution in [2.45, 2.75) is 0 Å². The van der Waals surface area contributed by atoms with Crippen molar-refractivity contribution in [2.75, 3.05) is 13.1 Å². The first-order valence-corrected chi connectivity index (χ1v) is 9.96. The number of hydrogen-bond acceptors (Lipinski definition) is 5. The molecular weight excluding hydrogens is 388 g/mol. The summed E-state index contributed by atoms with van der Waals surface area (Å²) in [5.74, 6) is 0.143. The molecule has 0 amide bonds. The van der Waals surface area contributed by atoms with Gasteiger partial charge >= 0.3 is 0 Å². The molecule has 0 unspecified atom stereocenters. The molecule has 0 spiro atoms. The van der Waals surface area contributed by atoms with E-state index in [-0.39, 0.29) is 17.2 Å². The van der Waals surface area contributed by atoms with Gasteiger partial charge in [0.25, 0.3) is 0 Å². The first kappa shape index (κ1) is 20.2. The van der Waals surface area contributed by atoms with Crippen LogP contribution in [-0.2, 0) is 0 Å². The van der Waals surface area contributed by atoms with Crippen molar-refractivity contribution in [3.8, 4) is 17.2 Å². The molecule has 4 aromatic carbocycles. The topological polar surface area (TPSA) is 85.4 Å². The Balaban J connectivity index is 1.58. The molecule has 0 atom stereocenters. The van der Waals surface area contributed by atoms with Gasteiger partial charge in [-0.2, -0.15) is 0 Å². The molecule has 0 heterocycles. The maximum Gasteiger partial charge on any atom is 0.128 e. The molecule has 0 aromatic heterocycles. The van der Waals surface area contributed by atoms with E-state index >= 15 is 0 Å². The summed E-state index contributed by atoms with van der Waals surface area (Å²) >= 11 is 0. The summed E-state index contributed by atoms with van der Waals surface area (Å²) in [6, 6.07) is 25.4. The molecule has 5 heteroatoms. The number of phenolic OH excluding ortho intramolecular Hbond substituents is 3. The van der Waals surface area contributed by atoms with Crippen LogP contribution >= 0.6 is 0 Å². The highest BCUT2D eigenvalue weighted by atomic mass is 16.3. The van der Waals surface area contributed by atoms with Crippen LogP contribution < -0.4 is 0 Å². The maximum absolute atomic E-state index is 10.3. The van der Waals surface area contributed by atoms with Crippen molar-refractivity contribution in [2.24, 2.45) is 9.98 Å². The van der Waals surface area contributed by atoms with Gasteiger partial charge in [0, 0.05) is 29.0 Å². The first-order valence-electron chi connectivity index (χ1n) is 9.96. The van der Waals surface area contributed by atoms with E-state index in [4.69, 9.17) is 0 Å². The van der Waals surface area contributed by atoms with Gasteiger partial charge in [0.2, 0.25) is 0 Å². The van der Waals surface area contributed by atoms with E-state index in [2.05, 4.69) is 9.98 Å². The number of rotatable bonds is 6. The van der Waals surface area contributed by atoms with Crippen LogP contribution in [0.15, 0.2) is 94.9 Å². The minimum atomic E-state index is -0.0354. The van der Waals surface area contributed by atoms with Gasteiger partial charge in [0.05, 0.1) is 18.8 Å².